The molecule has 0 saturated carbocycles. The number of rotatable bonds is 2. The van der Waals surface area contributed by atoms with E-state index in [-0.39, 0.29) is 11.8 Å². The van der Waals surface area contributed by atoms with Crippen LogP contribution in [-0.2, 0) is 5.72 Å². The highest BCUT2D eigenvalue weighted by Gasteiger charge is 2.45. The number of aliphatic hydroxyl groups is 1. The summed E-state index contributed by atoms with van der Waals surface area (Å²) in [6.07, 6.45) is 0. The van der Waals surface area contributed by atoms with Crippen LogP contribution in [0.1, 0.15) is 34.3 Å². The summed E-state index contributed by atoms with van der Waals surface area (Å²) in [7, 11) is 0. The Morgan fingerprint density at radius 2 is 1.68 bits per heavy atom. The van der Waals surface area contributed by atoms with Gasteiger partial charge in [0, 0.05) is 17.0 Å². The Morgan fingerprint density at radius 3 is 2.42 bits per heavy atom. The molecule has 1 heterocycles. The largest absolute Gasteiger partial charge is 0.366 e. The quantitative estimate of drug-likeness (QED) is 0.863. The molecule has 2 aromatic carbocycles. The van der Waals surface area contributed by atoms with Gasteiger partial charge in [0.2, 0.25) is 0 Å². The highest BCUT2D eigenvalue weighted by molar-refractivity contribution is 5.99. The van der Waals surface area contributed by atoms with Crippen molar-refractivity contribution in [3.8, 4) is 0 Å². The Labute approximate surface area is 111 Å². The molecule has 0 aliphatic carbocycles. The first-order chi connectivity index (χ1) is 9.13. The van der Waals surface area contributed by atoms with Crippen molar-refractivity contribution in [2.24, 2.45) is 0 Å². The first-order valence-corrected chi connectivity index (χ1v) is 6.32. The van der Waals surface area contributed by atoms with Crippen LogP contribution in [0.25, 0.3) is 0 Å². The molecule has 1 aliphatic rings. The van der Waals surface area contributed by atoms with E-state index in [2.05, 4.69) is 5.32 Å². The minimum atomic E-state index is -1.34. The average Bonchev–Trinajstić information content (AvgIpc) is 2.72. The van der Waals surface area contributed by atoms with Gasteiger partial charge in [-0.15, -0.1) is 0 Å². The van der Waals surface area contributed by atoms with Crippen molar-refractivity contribution < 1.29 is 9.90 Å². The van der Waals surface area contributed by atoms with E-state index in [1.165, 1.54) is 0 Å². The molecule has 0 spiro atoms. The van der Waals surface area contributed by atoms with Crippen LogP contribution in [-0.4, -0.2) is 11.0 Å². The van der Waals surface area contributed by atoms with Gasteiger partial charge in [-0.3, -0.25) is 4.79 Å². The lowest BCUT2D eigenvalue weighted by atomic mass is 9.85. The van der Waals surface area contributed by atoms with Gasteiger partial charge in [0.25, 0.3) is 5.91 Å². The molecule has 19 heavy (non-hydrogen) atoms. The molecule has 1 amide bonds. The normalized spacial score (nSPS) is 22.7. The van der Waals surface area contributed by atoms with Crippen LogP contribution < -0.4 is 5.32 Å². The van der Waals surface area contributed by atoms with Gasteiger partial charge in [-0.25, -0.2) is 0 Å². The lowest BCUT2D eigenvalue weighted by Gasteiger charge is -2.31. The summed E-state index contributed by atoms with van der Waals surface area (Å²) >= 11 is 0. The molecule has 2 aromatic rings. The molecule has 0 saturated heterocycles. The summed E-state index contributed by atoms with van der Waals surface area (Å²) in [5.74, 6) is -0.442. The molecule has 3 heteroatoms. The summed E-state index contributed by atoms with van der Waals surface area (Å²) in [4.78, 5) is 11.9. The third-order valence-electron chi connectivity index (χ3n) is 3.81. The van der Waals surface area contributed by atoms with Gasteiger partial charge in [0.05, 0.1) is 0 Å². The lowest BCUT2D eigenvalue weighted by Crippen LogP contribution is -2.43. The molecule has 2 atom stereocenters. The fourth-order valence-electron chi connectivity index (χ4n) is 2.65. The molecular formula is C16H15NO2. The van der Waals surface area contributed by atoms with Crippen molar-refractivity contribution in [1.29, 1.82) is 0 Å². The van der Waals surface area contributed by atoms with Crippen molar-refractivity contribution >= 4 is 5.91 Å². The van der Waals surface area contributed by atoms with Crippen molar-refractivity contribution in [1.82, 2.24) is 5.32 Å². The molecule has 0 unspecified atom stereocenters. The molecule has 0 fully saturated rings. The molecule has 3 rings (SSSR count). The fourth-order valence-corrected chi connectivity index (χ4v) is 2.65. The van der Waals surface area contributed by atoms with Crippen molar-refractivity contribution in [3.05, 3.63) is 71.3 Å². The van der Waals surface area contributed by atoms with E-state index >= 15 is 0 Å². The minimum absolute atomic E-state index is 0.221. The number of carbonyl (C=O) groups is 1. The molecule has 0 aromatic heterocycles. The van der Waals surface area contributed by atoms with Crippen molar-refractivity contribution in [3.63, 3.8) is 0 Å². The number of hydrogen-bond donors (Lipinski definition) is 2. The predicted molar refractivity (Wildman–Crippen MR) is 72.7 cm³/mol. The smallest absolute Gasteiger partial charge is 0.254 e. The molecule has 0 radical (unpaired) electrons. The van der Waals surface area contributed by atoms with Crippen LogP contribution in [0.4, 0.5) is 0 Å². The van der Waals surface area contributed by atoms with Crippen LogP contribution in [0.5, 0.6) is 0 Å². The second-order valence-electron chi connectivity index (χ2n) is 4.90. The van der Waals surface area contributed by atoms with Gasteiger partial charge in [-0.05, 0) is 11.6 Å². The minimum Gasteiger partial charge on any atom is -0.366 e. The summed E-state index contributed by atoms with van der Waals surface area (Å²) in [5.41, 5.74) is 0.848. The van der Waals surface area contributed by atoms with E-state index in [4.69, 9.17) is 0 Å². The van der Waals surface area contributed by atoms with Gasteiger partial charge < -0.3 is 10.4 Å². The predicted octanol–water partition coefficient (Wildman–Crippen LogP) is 2.38. The first kappa shape index (κ1) is 11.9. The molecular weight excluding hydrogens is 238 g/mol. The molecule has 0 bridgehead atoms. The Morgan fingerprint density at radius 1 is 1.05 bits per heavy atom. The van der Waals surface area contributed by atoms with Gasteiger partial charge in [0.1, 0.15) is 0 Å². The number of benzene rings is 2. The number of carbonyl (C=O) groups excluding carboxylic acids is 1. The van der Waals surface area contributed by atoms with Gasteiger partial charge in [-0.2, -0.15) is 0 Å². The topological polar surface area (TPSA) is 49.3 Å². The average molecular weight is 253 g/mol. The summed E-state index contributed by atoms with van der Waals surface area (Å²) < 4.78 is 0. The number of fused-ring (bicyclic) bond motifs is 1. The van der Waals surface area contributed by atoms with E-state index < -0.39 is 5.72 Å². The number of nitrogens with one attached hydrogen (secondary N) is 1. The summed E-state index contributed by atoms with van der Waals surface area (Å²) in [6, 6.07) is 16.9. The summed E-state index contributed by atoms with van der Waals surface area (Å²) in [5, 5.41) is 13.6. The number of amides is 1. The molecule has 96 valence electrons. The Hall–Kier alpha value is -2.13. The van der Waals surface area contributed by atoms with Crippen LogP contribution in [0.2, 0.25) is 0 Å². The maximum absolute atomic E-state index is 11.9. The third kappa shape index (κ3) is 1.74. The van der Waals surface area contributed by atoms with E-state index in [9.17, 15) is 9.90 Å². The van der Waals surface area contributed by atoms with Gasteiger partial charge in [0.15, 0.2) is 5.72 Å². The van der Waals surface area contributed by atoms with Crippen LogP contribution >= 0.6 is 0 Å². The fraction of sp³-hybridized carbons (Fsp3) is 0.188. The van der Waals surface area contributed by atoms with Crippen molar-refractivity contribution in [2.75, 3.05) is 0 Å². The zero-order chi connectivity index (χ0) is 13.5. The van der Waals surface area contributed by atoms with E-state index in [1.807, 2.05) is 43.3 Å². The second kappa shape index (κ2) is 4.21. The van der Waals surface area contributed by atoms with Gasteiger partial charge in [-0.1, -0.05) is 55.5 Å². The molecule has 2 N–H and O–H groups in total. The standard InChI is InChI=1S/C16H15NO2/c1-11(12-7-3-2-4-8-12)16(19)14-10-6-5-9-13(14)15(18)17-16/h2-11,19H,1H3,(H,17,18)/t11-,16-/m1/s1. The Bertz CT molecular complexity index is 624. The van der Waals surface area contributed by atoms with E-state index in [0.29, 0.717) is 11.1 Å². The van der Waals surface area contributed by atoms with Gasteiger partial charge >= 0.3 is 0 Å². The maximum atomic E-state index is 11.9. The van der Waals surface area contributed by atoms with Crippen molar-refractivity contribution in [2.45, 2.75) is 18.6 Å². The van der Waals surface area contributed by atoms with Crippen LogP contribution in [0.3, 0.4) is 0 Å². The number of hydrogen-bond acceptors (Lipinski definition) is 2. The molecule has 1 aliphatic heterocycles. The van der Waals surface area contributed by atoms with Crippen LogP contribution in [0, 0.1) is 0 Å². The van der Waals surface area contributed by atoms with E-state index in [1.54, 1.807) is 18.2 Å². The highest BCUT2D eigenvalue weighted by atomic mass is 16.3. The summed E-state index contributed by atoms with van der Waals surface area (Å²) in [6.45, 7) is 1.91. The zero-order valence-electron chi connectivity index (χ0n) is 10.6. The lowest BCUT2D eigenvalue weighted by molar-refractivity contribution is -0.00775. The maximum Gasteiger partial charge on any atom is 0.254 e. The SMILES string of the molecule is C[C@H](c1ccccc1)[C@]1(O)NC(=O)c2ccccc21. The zero-order valence-corrected chi connectivity index (χ0v) is 10.6. The second-order valence-corrected chi connectivity index (χ2v) is 4.90. The molecule has 3 nitrogen and oxygen atoms in total. The third-order valence-corrected chi connectivity index (χ3v) is 3.81. The first-order valence-electron chi connectivity index (χ1n) is 6.32. The van der Waals surface area contributed by atoms with Crippen LogP contribution in [0.15, 0.2) is 54.6 Å². The monoisotopic (exact) mass is 253 g/mol. The Kier molecular flexibility index (Phi) is 2.64. The highest BCUT2D eigenvalue weighted by Crippen LogP contribution is 2.39. The van der Waals surface area contributed by atoms with E-state index in [0.717, 1.165) is 5.56 Å². The Balaban J connectivity index is 2.08.